The van der Waals surface area contributed by atoms with Gasteiger partial charge in [0.15, 0.2) is 0 Å². The normalized spacial score (nSPS) is 10.7. The fourth-order valence-electron chi connectivity index (χ4n) is 2.82. The van der Waals surface area contributed by atoms with Crippen molar-refractivity contribution in [1.29, 1.82) is 0 Å². The van der Waals surface area contributed by atoms with E-state index in [9.17, 15) is 9.59 Å². The van der Waals surface area contributed by atoms with Gasteiger partial charge in [-0.15, -0.1) is 22.7 Å². The molecule has 0 aliphatic rings. The lowest BCUT2D eigenvalue weighted by molar-refractivity contribution is -0.114. The molecule has 0 aliphatic carbocycles. The van der Waals surface area contributed by atoms with E-state index in [1.807, 2.05) is 30.3 Å². The van der Waals surface area contributed by atoms with Crippen LogP contribution >= 0.6 is 22.7 Å². The molecule has 2 aromatic heterocycles. The number of rotatable bonds is 5. The van der Waals surface area contributed by atoms with Gasteiger partial charge in [-0.05, 0) is 42.5 Å². The highest BCUT2D eigenvalue weighted by Crippen LogP contribution is 2.35. The third kappa shape index (κ3) is 4.13. The van der Waals surface area contributed by atoms with Crippen LogP contribution in [0, 0.1) is 0 Å². The summed E-state index contributed by atoms with van der Waals surface area (Å²) in [5, 5.41) is 6.45. The molecule has 4 rings (SSSR count). The zero-order chi connectivity index (χ0) is 20.4. The number of fused-ring (bicyclic) bond motifs is 1. The number of thiophene rings is 1. The lowest BCUT2D eigenvalue weighted by atomic mass is 10.2. The van der Waals surface area contributed by atoms with Gasteiger partial charge in [-0.1, -0.05) is 12.1 Å². The number of para-hydroxylation sites is 1. The monoisotopic (exact) mass is 423 g/mol. The predicted octanol–water partition coefficient (Wildman–Crippen LogP) is 5.24. The Morgan fingerprint density at radius 2 is 1.83 bits per heavy atom. The fourth-order valence-corrected chi connectivity index (χ4v) is 4.74. The molecule has 2 N–H and O–H groups in total. The number of benzene rings is 2. The van der Waals surface area contributed by atoms with Crippen LogP contribution in [0.15, 0.2) is 54.6 Å². The second-order valence-corrected chi connectivity index (χ2v) is 8.32. The number of thiazole rings is 1. The number of ether oxygens (including phenoxy) is 1. The van der Waals surface area contributed by atoms with Crippen molar-refractivity contribution < 1.29 is 14.3 Å². The average molecular weight is 424 g/mol. The molecule has 2 amide bonds. The standard InChI is InChI=1S/C21H17N3O3S2/c1-12(25)22-13-7-8-16(27-2)15(11-13)23-20(26)18-9-10-19(28-18)21-24-14-5-3-4-6-17(14)29-21/h3-11H,1-2H3,(H,22,25)(H,23,26). The Bertz CT molecular complexity index is 1180. The molecule has 6 nitrogen and oxygen atoms in total. The van der Waals surface area contributed by atoms with Gasteiger partial charge in [0.25, 0.3) is 5.91 Å². The molecule has 2 heterocycles. The Kier molecular flexibility index (Phi) is 5.28. The van der Waals surface area contributed by atoms with E-state index < -0.39 is 0 Å². The van der Waals surface area contributed by atoms with Gasteiger partial charge >= 0.3 is 0 Å². The molecule has 0 fully saturated rings. The van der Waals surface area contributed by atoms with Crippen LogP contribution in [0.5, 0.6) is 5.75 Å². The molecule has 0 saturated heterocycles. The van der Waals surface area contributed by atoms with E-state index in [0.29, 0.717) is 22.0 Å². The van der Waals surface area contributed by atoms with Crippen LogP contribution in [0.4, 0.5) is 11.4 Å². The minimum Gasteiger partial charge on any atom is -0.495 e. The highest BCUT2D eigenvalue weighted by atomic mass is 32.1. The molecule has 0 radical (unpaired) electrons. The Hall–Kier alpha value is -3.23. The largest absolute Gasteiger partial charge is 0.495 e. The molecule has 0 bridgehead atoms. The second-order valence-electron chi connectivity index (χ2n) is 6.20. The molecular weight excluding hydrogens is 406 g/mol. The van der Waals surface area contributed by atoms with Crippen LogP contribution in [0.3, 0.4) is 0 Å². The van der Waals surface area contributed by atoms with Crippen LogP contribution in [-0.2, 0) is 4.79 Å². The summed E-state index contributed by atoms with van der Waals surface area (Å²) in [7, 11) is 1.53. The van der Waals surface area contributed by atoms with Crippen LogP contribution in [0.2, 0.25) is 0 Å². The van der Waals surface area contributed by atoms with Crippen molar-refractivity contribution in [1.82, 2.24) is 4.98 Å². The lowest BCUT2D eigenvalue weighted by Gasteiger charge is -2.11. The number of nitrogens with one attached hydrogen (secondary N) is 2. The van der Waals surface area contributed by atoms with Gasteiger partial charge in [0, 0.05) is 12.6 Å². The summed E-state index contributed by atoms with van der Waals surface area (Å²) in [6, 6.07) is 16.7. The number of hydrogen-bond donors (Lipinski definition) is 2. The Morgan fingerprint density at radius 3 is 2.59 bits per heavy atom. The maximum absolute atomic E-state index is 12.8. The van der Waals surface area contributed by atoms with E-state index in [2.05, 4.69) is 15.6 Å². The van der Waals surface area contributed by atoms with E-state index in [0.717, 1.165) is 20.1 Å². The highest BCUT2D eigenvalue weighted by molar-refractivity contribution is 7.26. The molecule has 0 aliphatic heterocycles. The van der Waals surface area contributed by atoms with E-state index in [4.69, 9.17) is 4.74 Å². The molecule has 2 aromatic carbocycles. The van der Waals surface area contributed by atoms with Gasteiger partial charge in [-0.3, -0.25) is 9.59 Å². The first-order valence-electron chi connectivity index (χ1n) is 8.76. The van der Waals surface area contributed by atoms with Crippen LogP contribution < -0.4 is 15.4 Å². The number of amides is 2. The number of carbonyl (C=O) groups excluding carboxylic acids is 2. The third-order valence-electron chi connectivity index (χ3n) is 4.10. The molecule has 0 unspecified atom stereocenters. The summed E-state index contributed by atoms with van der Waals surface area (Å²) >= 11 is 2.98. The number of hydrogen-bond acceptors (Lipinski definition) is 6. The summed E-state index contributed by atoms with van der Waals surface area (Å²) in [6.07, 6.45) is 0. The number of methoxy groups -OCH3 is 1. The van der Waals surface area contributed by atoms with Crippen molar-refractivity contribution in [2.75, 3.05) is 17.7 Å². The quantitative estimate of drug-likeness (QED) is 0.460. The molecule has 0 atom stereocenters. The highest BCUT2D eigenvalue weighted by Gasteiger charge is 2.15. The number of nitrogens with zero attached hydrogens (tertiary/aromatic N) is 1. The van der Waals surface area contributed by atoms with Crippen LogP contribution in [0.25, 0.3) is 20.1 Å². The van der Waals surface area contributed by atoms with Gasteiger partial charge < -0.3 is 15.4 Å². The van der Waals surface area contributed by atoms with E-state index in [-0.39, 0.29) is 11.8 Å². The van der Waals surface area contributed by atoms with Crippen molar-refractivity contribution in [3.8, 4) is 15.6 Å². The molecule has 146 valence electrons. The fraction of sp³-hybridized carbons (Fsp3) is 0.0952. The summed E-state index contributed by atoms with van der Waals surface area (Å²) in [6.45, 7) is 1.43. The summed E-state index contributed by atoms with van der Waals surface area (Å²) in [4.78, 5) is 30.2. The maximum atomic E-state index is 12.8. The van der Waals surface area contributed by atoms with Crippen molar-refractivity contribution in [3.63, 3.8) is 0 Å². The minimum atomic E-state index is -0.249. The zero-order valence-corrected chi connectivity index (χ0v) is 17.3. The molecule has 29 heavy (non-hydrogen) atoms. The molecule has 0 spiro atoms. The Balaban J connectivity index is 1.57. The minimum absolute atomic E-state index is 0.189. The predicted molar refractivity (Wildman–Crippen MR) is 118 cm³/mol. The van der Waals surface area contributed by atoms with Crippen molar-refractivity contribution in [2.45, 2.75) is 6.92 Å². The van der Waals surface area contributed by atoms with E-state index in [1.54, 1.807) is 35.6 Å². The van der Waals surface area contributed by atoms with Crippen LogP contribution in [0.1, 0.15) is 16.6 Å². The zero-order valence-electron chi connectivity index (χ0n) is 15.7. The molecule has 0 saturated carbocycles. The summed E-state index contributed by atoms with van der Waals surface area (Å²) in [5.74, 6) is 0.0715. The topological polar surface area (TPSA) is 80.3 Å². The molecule has 8 heteroatoms. The Labute approximate surface area is 175 Å². The first-order valence-corrected chi connectivity index (χ1v) is 10.4. The lowest BCUT2D eigenvalue weighted by Crippen LogP contribution is -2.12. The van der Waals surface area contributed by atoms with Crippen molar-refractivity contribution >= 4 is 56.1 Å². The van der Waals surface area contributed by atoms with Gasteiger partial charge in [0.05, 0.1) is 32.8 Å². The summed E-state index contributed by atoms with van der Waals surface area (Å²) in [5.41, 5.74) is 2.01. The SMILES string of the molecule is COc1ccc(NC(C)=O)cc1NC(=O)c1ccc(-c2nc3ccccc3s2)s1. The summed E-state index contributed by atoms with van der Waals surface area (Å²) < 4.78 is 6.43. The third-order valence-corrected chi connectivity index (χ3v) is 6.39. The van der Waals surface area contributed by atoms with Gasteiger partial charge in [0.1, 0.15) is 10.8 Å². The second kappa shape index (κ2) is 8.02. The molecule has 4 aromatic rings. The number of carbonyl (C=O) groups is 2. The number of anilines is 2. The van der Waals surface area contributed by atoms with Crippen molar-refractivity contribution in [2.24, 2.45) is 0 Å². The van der Waals surface area contributed by atoms with Crippen molar-refractivity contribution in [3.05, 3.63) is 59.5 Å². The van der Waals surface area contributed by atoms with Gasteiger partial charge in [-0.2, -0.15) is 0 Å². The Morgan fingerprint density at radius 1 is 1.00 bits per heavy atom. The van der Waals surface area contributed by atoms with E-state index in [1.165, 1.54) is 25.4 Å². The first kappa shape index (κ1) is 19.1. The smallest absolute Gasteiger partial charge is 0.265 e. The van der Waals surface area contributed by atoms with E-state index >= 15 is 0 Å². The number of aromatic nitrogens is 1. The van der Waals surface area contributed by atoms with Gasteiger partial charge in [-0.25, -0.2) is 4.98 Å². The van der Waals surface area contributed by atoms with Crippen LogP contribution in [-0.4, -0.2) is 23.9 Å². The maximum Gasteiger partial charge on any atom is 0.265 e. The first-order chi connectivity index (χ1) is 14.0. The average Bonchev–Trinajstić information content (AvgIpc) is 3.35. The molecular formula is C21H17N3O3S2. The van der Waals surface area contributed by atoms with Gasteiger partial charge in [0.2, 0.25) is 5.91 Å².